The van der Waals surface area contributed by atoms with Gasteiger partial charge in [-0.15, -0.1) is 0 Å². The number of hydrogen-bond acceptors (Lipinski definition) is 3. The minimum Gasteiger partial charge on any atom is -0.494 e. The van der Waals surface area contributed by atoms with Crippen LogP contribution in [0.15, 0.2) is 18.2 Å². The predicted molar refractivity (Wildman–Crippen MR) is 79.4 cm³/mol. The second-order valence-electron chi connectivity index (χ2n) is 5.86. The number of aliphatic hydroxyl groups is 1. The zero-order valence-electron chi connectivity index (χ0n) is 12.9. The van der Waals surface area contributed by atoms with Gasteiger partial charge < -0.3 is 14.7 Å². The highest BCUT2D eigenvalue weighted by atomic mass is 19.1. The van der Waals surface area contributed by atoms with Crippen molar-refractivity contribution in [2.24, 2.45) is 5.41 Å². The van der Waals surface area contributed by atoms with E-state index in [1.807, 2.05) is 13.1 Å². The van der Waals surface area contributed by atoms with Crippen LogP contribution in [0.3, 0.4) is 0 Å². The van der Waals surface area contributed by atoms with Crippen molar-refractivity contribution in [2.75, 3.05) is 27.3 Å². The summed E-state index contributed by atoms with van der Waals surface area (Å²) in [4.78, 5) is 2.12. The van der Waals surface area contributed by atoms with E-state index >= 15 is 0 Å². The molecular formula is C16H26FNO2. The van der Waals surface area contributed by atoms with Crippen LogP contribution in [0.2, 0.25) is 0 Å². The first kappa shape index (κ1) is 16.9. The van der Waals surface area contributed by atoms with E-state index in [-0.39, 0.29) is 23.6 Å². The summed E-state index contributed by atoms with van der Waals surface area (Å²) in [5.41, 5.74) is 0.803. The second kappa shape index (κ2) is 7.60. The molecule has 0 aliphatic heterocycles. The topological polar surface area (TPSA) is 32.7 Å². The van der Waals surface area contributed by atoms with Gasteiger partial charge in [0.2, 0.25) is 0 Å². The number of rotatable bonds is 8. The molecule has 0 bridgehead atoms. The summed E-state index contributed by atoms with van der Waals surface area (Å²) < 4.78 is 18.6. The van der Waals surface area contributed by atoms with Crippen LogP contribution in [0.25, 0.3) is 0 Å². The Labute approximate surface area is 121 Å². The van der Waals surface area contributed by atoms with Crippen LogP contribution >= 0.6 is 0 Å². The van der Waals surface area contributed by atoms with Gasteiger partial charge in [-0.05, 0) is 31.2 Å². The fourth-order valence-corrected chi connectivity index (χ4v) is 2.64. The predicted octanol–water partition coefficient (Wildman–Crippen LogP) is 3.06. The van der Waals surface area contributed by atoms with Crippen molar-refractivity contribution in [1.29, 1.82) is 0 Å². The highest BCUT2D eigenvalue weighted by molar-refractivity contribution is 5.29. The van der Waals surface area contributed by atoms with Gasteiger partial charge in [0, 0.05) is 25.1 Å². The summed E-state index contributed by atoms with van der Waals surface area (Å²) in [6, 6.07) is 5.02. The van der Waals surface area contributed by atoms with E-state index in [0.29, 0.717) is 6.54 Å². The summed E-state index contributed by atoms with van der Waals surface area (Å²) in [6.07, 6.45) is 2.02. The minimum absolute atomic E-state index is 0.103. The van der Waals surface area contributed by atoms with E-state index in [0.717, 1.165) is 24.9 Å². The first-order valence-electron chi connectivity index (χ1n) is 7.06. The summed E-state index contributed by atoms with van der Waals surface area (Å²) in [5.74, 6) is -0.0699. The normalized spacial score (nSPS) is 14.3. The zero-order valence-corrected chi connectivity index (χ0v) is 12.9. The summed E-state index contributed by atoms with van der Waals surface area (Å²) in [5, 5.41) is 9.54. The summed E-state index contributed by atoms with van der Waals surface area (Å²) in [6.45, 7) is 5.81. The Morgan fingerprint density at radius 2 is 2.10 bits per heavy atom. The lowest BCUT2D eigenvalue weighted by Gasteiger charge is -2.32. The van der Waals surface area contributed by atoms with Gasteiger partial charge in [-0.25, -0.2) is 4.39 Å². The zero-order chi connectivity index (χ0) is 15.2. The molecule has 0 heterocycles. The van der Waals surface area contributed by atoms with Crippen LogP contribution in [-0.4, -0.2) is 37.3 Å². The first-order valence-corrected chi connectivity index (χ1v) is 7.06. The maximum absolute atomic E-state index is 13.6. The van der Waals surface area contributed by atoms with Crippen molar-refractivity contribution in [3.05, 3.63) is 29.6 Å². The molecule has 1 N–H and O–H groups in total. The van der Waals surface area contributed by atoms with Crippen LogP contribution < -0.4 is 4.74 Å². The van der Waals surface area contributed by atoms with Gasteiger partial charge in [0.25, 0.3) is 0 Å². The molecular weight excluding hydrogens is 257 g/mol. The van der Waals surface area contributed by atoms with Crippen LogP contribution in [0, 0.1) is 11.2 Å². The van der Waals surface area contributed by atoms with Crippen LogP contribution in [-0.2, 0) is 6.54 Å². The van der Waals surface area contributed by atoms with Gasteiger partial charge in [-0.3, -0.25) is 0 Å². The molecule has 3 nitrogen and oxygen atoms in total. The summed E-state index contributed by atoms with van der Waals surface area (Å²) >= 11 is 0. The smallest absolute Gasteiger partial charge is 0.165 e. The number of aliphatic hydroxyl groups excluding tert-OH is 1. The number of benzene rings is 1. The standard InChI is InChI=1S/C16H26FNO2/c1-5-8-16(2,12-19)11-18(3)10-13-6-7-15(20-4)14(17)9-13/h6-7,9,19H,5,8,10-12H2,1-4H3. The Morgan fingerprint density at radius 3 is 2.60 bits per heavy atom. The molecule has 1 unspecified atom stereocenters. The van der Waals surface area contributed by atoms with E-state index in [1.165, 1.54) is 13.2 Å². The fraction of sp³-hybridized carbons (Fsp3) is 0.625. The van der Waals surface area contributed by atoms with E-state index in [2.05, 4.69) is 18.7 Å². The number of ether oxygens (including phenoxy) is 1. The molecule has 1 rings (SSSR count). The molecule has 20 heavy (non-hydrogen) atoms. The lowest BCUT2D eigenvalue weighted by atomic mass is 9.86. The molecule has 1 aromatic carbocycles. The van der Waals surface area contributed by atoms with Gasteiger partial charge in [-0.1, -0.05) is 26.3 Å². The number of methoxy groups -OCH3 is 1. The lowest BCUT2D eigenvalue weighted by molar-refractivity contribution is 0.0878. The molecule has 1 atom stereocenters. The van der Waals surface area contributed by atoms with Crippen LogP contribution in [0.4, 0.5) is 4.39 Å². The van der Waals surface area contributed by atoms with Gasteiger partial charge in [0.05, 0.1) is 7.11 Å². The van der Waals surface area contributed by atoms with Crippen molar-refractivity contribution in [1.82, 2.24) is 4.90 Å². The molecule has 0 spiro atoms. The Bertz CT molecular complexity index is 425. The third-order valence-electron chi connectivity index (χ3n) is 3.56. The molecule has 1 aromatic rings. The molecule has 0 fully saturated rings. The fourth-order valence-electron chi connectivity index (χ4n) is 2.64. The Hall–Kier alpha value is -1.13. The van der Waals surface area contributed by atoms with E-state index < -0.39 is 0 Å². The largest absolute Gasteiger partial charge is 0.494 e. The maximum Gasteiger partial charge on any atom is 0.165 e. The third kappa shape index (κ3) is 4.76. The molecule has 0 radical (unpaired) electrons. The van der Waals surface area contributed by atoms with Crippen molar-refractivity contribution in [3.63, 3.8) is 0 Å². The molecule has 4 heteroatoms. The van der Waals surface area contributed by atoms with Crippen LogP contribution in [0.1, 0.15) is 32.3 Å². The van der Waals surface area contributed by atoms with Crippen molar-refractivity contribution >= 4 is 0 Å². The highest BCUT2D eigenvalue weighted by Crippen LogP contribution is 2.25. The SMILES string of the molecule is CCCC(C)(CO)CN(C)Cc1ccc(OC)c(F)c1. The van der Waals surface area contributed by atoms with Crippen LogP contribution in [0.5, 0.6) is 5.75 Å². The first-order chi connectivity index (χ1) is 9.44. The molecule has 0 saturated heterocycles. The monoisotopic (exact) mass is 283 g/mol. The van der Waals surface area contributed by atoms with Gasteiger partial charge in [0.15, 0.2) is 11.6 Å². The average molecular weight is 283 g/mol. The molecule has 0 amide bonds. The third-order valence-corrected chi connectivity index (χ3v) is 3.56. The Balaban J connectivity index is 2.66. The van der Waals surface area contributed by atoms with Gasteiger partial charge >= 0.3 is 0 Å². The van der Waals surface area contributed by atoms with Crippen molar-refractivity contribution in [2.45, 2.75) is 33.2 Å². The van der Waals surface area contributed by atoms with Crippen molar-refractivity contribution < 1.29 is 14.2 Å². The summed E-state index contributed by atoms with van der Waals surface area (Å²) in [7, 11) is 3.45. The van der Waals surface area contributed by atoms with Gasteiger partial charge in [-0.2, -0.15) is 0 Å². The molecule has 0 aliphatic carbocycles. The number of halogens is 1. The van der Waals surface area contributed by atoms with Gasteiger partial charge in [0.1, 0.15) is 0 Å². The molecule has 0 saturated carbocycles. The second-order valence-corrected chi connectivity index (χ2v) is 5.86. The molecule has 0 aliphatic rings. The number of nitrogens with zero attached hydrogens (tertiary/aromatic N) is 1. The van der Waals surface area contributed by atoms with E-state index in [1.54, 1.807) is 6.07 Å². The maximum atomic E-state index is 13.6. The van der Waals surface area contributed by atoms with E-state index in [4.69, 9.17) is 4.74 Å². The minimum atomic E-state index is -0.336. The molecule has 0 aromatic heterocycles. The quantitative estimate of drug-likeness (QED) is 0.796. The average Bonchev–Trinajstić information content (AvgIpc) is 2.39. The Morgan fingerprint density at radius 1 is 1.40 bits per heavy atom. The Kier molecular flexibility index (Phi) is 6.43. The molecule has 114 valence electrons. The lowest BCUT2D eigenvalue weighted by Crippen LogP contribution is -2.35. The highest BCUT2D eigenvalue weighted by Gasteiger charge is 2.24. The van der Waals surface area contributed by atoms with Crippen molar-refractivity contribution in [3.8, 4) is 5.75 Å². The number of hydrogen-bond donors (Lipinski definition) is 1. The van der Waals surface area contributed by atoms with E-state index in [9.17, 15) is 9.50 Å².